The van der Waals surface area contributed by atoms with Gasteiger partial charge < -0.3 is 15.7 Å². The van der Waals surface area contributed by atoms with Crippen molar-refractivity contribution in [3.05, 3.63) is 57.8 Å². The minimum absolute atomic E-state index is 0. The summed E-state index contributed by atoms with van der Waals surface area (Å²) in [6, 6.07) is 12.0. The smallest absolute Gasteiger partial charge is 0.191 e. The van der Waals surface area contributed by atoms with Crippen molar-refractivity contribution in [3.8, 4) is 0 Å². The van der Waals surface area contributed by atoms with E-state index in [1.807, 2.05) is 49.6 Å². The molecule has 126 valence electrons. The molecule has 0 aliphatic heterocycles. The first-order chi connectivity index (χ1) is 10.7. The molecule has 0 saturated heterocycles. The van der Waals surface area contributed by atoms with Gasteiger partial charge in [-0.15, -0.1) is 35.3 Å². The zero-order valence-corrected chi connectivity index (χ0v) is 16.6. The van der Waals surface area contributed by atoms with E-state index in [4.69, 9.17) is 0 Å². The van der Waals surface area contributed by atoms with Crippen LogP contribution in [-0.4, -0.2) is 24.2 Å². The number of nitrogens with one attached hydrogen (secondary N) is 2. The lowest BCUT2D eigenvalue weighted by Gasteiger charge is -2.15. The summed E-state index contributed by atoms with van der Waals surface area (Å²) in [7, 11) is 0. The summed E-state index contributed by atoms with van der Waals surface area (Å²) < 4.78 is 0. The minimum atomic E-state index is -0.550. The molecular formula is C17H24IN3OS. The average molecular weight is 445 g/mol. The second kappa shape index (κ2) is 10.6. The van der Waals surface area contributed by atoms with Crippen LogP contribution in [0.4, 0.5) is 0 Å². The van der Waals surface area contributed by atoms with E-state index in [-0.39, 0.29) is 24.0 Å². The van der Waals surface area contributed by atoms with Gasteiger partial charge in [0.15, 0.2) is 5.96 Å². The largest absolute Gasteiger partial charge is 0.387 e. The molecule has 1 atom stereocenters. The Labute approximate surface area is 159 Å². The van der Waals surface area contributed by atoms with Gasteiger partial charge in [0.2, 0.25) is 0 Å². The van der Waals surface area contributed by atoms with Gasteiger partial charge in [-0.1, -0.05) is 35.9 Å². The van der Waals surface area contributed by atoms with E-state index in [0.717, 1.165) is 18.1 Å². The number of benzene rings is 1. The lowest BCUT2D eigenvalue weighted by Crippen LogP contribution is -2.39. The molecule has 2 rings (SSSR count). The Morgan fingerprint density at radius 1 is 1.22 bits per heavy atom. The van der Waals surface area contributed by atoms with Crippen LogP contribution in [0.3, 0.4) is 0 Å². The van der Waals surface area contributed by atoms with Crippen molar-refractivity contribution < 1.29 is 5.11 Å². The fraction of sp³-hybridized carbons (Fsp3) is 0.353. The molecule has 0 radical (unpaired) electrons. The number of hydrogen-bond acceptors (Lipinski definition) is 3. The first-order valence-corrected chi connectivity index (χ1v) is 8.36. The van der Waals surface area contributed by atoms with Crippen molar-refractivity contribution >= 4 is 41.3 Å². The molecule has 4 nitrogen and oxygen atoms in total. The molecule has 2 aromatic rings. The van der Waals surface area contributed by atoms with Crippen LogP contribution in [0.1, 0.15) is 29.0 Å². The van der Waals surface area contributed by atoms with Crippen molar-refractivity contribution in [2.75, 3.05) is 13.1 Å². The number of aliphatic imine (C=N–C) groups is 1. The van der Waals surface area contributed by atoms with Gasteiger partial charge in [0.1, 0.15) is 0 Å². The van der Waals surface area contributed by atoms with Crippen LogP contribution in [0.5, 0.6) is 0 Å². The monoisotopic (exact) mass is 445 g/mol. The Hall–Kier alpha value is -1.12. The second-order valence-corrected chi connectivity index (χ2v) is 6.11. The number of halogens is 1. The van der Waals surface area contributed by atoms with Crippen LogP contribution >= 0.6 is 35.3 Å². The molecule has 1 aromatic carbocycles. The molecule has 0 saturated carbocycles. The van der Waals surface area contributed by atoms with Gasteiger partial charge in [-0.05, 0) is 30.9 Å². The third kappa shape index (κ3) is 6.88. The molecule has 0 amide bonds. The van der Waals surface area contributed by atoms with E-state index >= 15 is 0 Å². The zero-order chi connectivity index (χ0) is 15.8. The molecule has 1 heterocycles. The summed E-state index contributed by atoms with van der Waals surface area (Å²) in [4.78, 5) is 5.75. The molecular weight excluding hydrogens is 421 g/mol. The Morgan fingerprint density at radius 3 is 2.57 bits per heavy atom. The topological polar surface area (TPSA) is 56.7 Å². The Kier molecular flexibility index (Phi) is 9.20. The van der Waals surface area contributed by atoms with E-state index in [0.29, 0.717) is 13.1 Å². The molecule has 0 aliphatic rings. The molecule has 23 heavy (non-hydrogen) atoms. The van der Waals surface area contributed by atoms with Crippen LogP contribution in [0.15, 0.2) is 46.8 Å². The highest BCUT2D eigenvalue weighted by molar-refractivity contribution is 14.0. The molecule has 0 bridgehead atoms. The van der Waals surface area contributed by atoms with Gasteiger partial charge in [-0.2, -0.15) is 0 Å². The Bertz CT molecular complexity index is 584. The fourth-order valence-electron chi connectivity index (χ4n) is 2.00. The van der Waals surface area contributed by atoms with Crippen molar-refractivity contribution in [1.82, 2.24) is 10.6 Å². The van der Waals surface area contributed by atoms with Crippen molar-refractivity contribution in [3.63, 3.8) is 0 Å². The lowest BCUT2D eigenvalue weighted by atomic mass is 10.1. The molecule has 1 aromatic heterocycles. The number of aryl methyl sites for hydroxylation is 1. The third-order valence-electron chi connectivity index (χ3n) is 3.24. The summed E-state index contributed by atoms with van der Waals surface area (Å²) in [5.74, 6) is 0.724. The van der Waals surface area contributed by atoms with E-state index < -0.39 is 6.10 Å². The summed E-state index contributed by atoms with van der Waals surface area (Å²) in [5.41, 5.74) is 2.10. The maximum atomic E-state index is 10.2. The highest BCUT2D eigenvalue weighted by Gasteiger charge is 2.08. The number of thiophene rings is 1. The number of hydrogen-bond donors (Lipinski definition) is 3. The van der Waals surface area contributed by atoms with E-state index in [9.17, 15) is 5.11 Å². The van der Waals surface area contributed by atoms with Gasteiger partial charge in [-0.25, -0.2) is 4.99 Å². The quantitative estimate of drug-likeness (QED) is 0.363. The van der Waals surface area contributed by atoms with Gasteiger partial charge in [-0.3, -0.25) is 0 Å². The highest BCUT2D eigenvalue weighted by Crippen LogP contribution is 2.13. The molecule has 0 aliphatic carbocycles. The number of nitrogens with zero attached hydrogens (tertiary/aromatic N) is 1. The second-order valence-electron chi connectivity index (χ2n) is 5.08. The van der Waals surface area contributed by atoms with Crippen molar-refractivity contribution in [2.24, 2.45) is 4.99 Å². The third-order valence-corrected chi connectivity index (χ3v) is 4.10. The summed E-state index contributed by atoms with van der Waals surface area (Å²) >= 11 is 1.69. The van der Waals surface area contributed by atoms with Crippen LogP contribution in [0.25, 0.3) is 0 Å². The Morgan fingerprint density at radius 2 is 1.96 bits per heavy atom. The number of rotatable bonds is 6. The predicted molar refractivity (Wildman–Crippen MR) is 109 cm³/mol. The van der Waals surface area contributed by atoms with Gasteiger partial charge in [0.25, 0.3) is 0 Å². The van der Waals surface area contributed by atoms with Gasteiger partial charge >= 0.3 is 0 Å². The predicted octanol–water partition coefficient (Wildman–Crippen LogP) is 3.46. The standard InChI is InChI=1S/C17H23N3OS.HI/c1-3-18-17(19-11-15-5-4-10-22-15)20-12-16(21)14-8-6-13(2)7-9-14;/h4-10,16,21H,3,11-12H2,1-2H3,(H2,18,19,20);1H. The minimum Gasteiger partial charge on any atom is -0.387 e. The van der Waals surface area contributed by atoms with E-state index in [1.165, 1.54) is 10.4 Å². The van der Waals surface area contributed by atoms with E-state index in [2.05, 4.69) is 21.7 Å². The molecule has 3 N–H and O–H groups in total. The van der Waals surface area contributed by atoms with Crippen molar-refractivity contribution in [1.29, 1.82) is 0 Å². The van der Waals surface area contributed by atoms with Crippen LogP contribution in [0.2, 0.25) is 0 Å². The average Bonchev–Trinajstić information content (AvgIpc) is 3.04. The molecule has 6 heteroatoms. The van der Waals surface area contributed by atoms with Gasteiger partial charge in [0, 0.05) is 18.0 Å². The number of guanidine groups is 1. The molecule has 0 spiro atoms. The number of aliphatic hydroxyl groups excluding tert-OH is 1. The van der Waals surface area contributed by atoms with Crippen LogP contribution < -0.4 is 10.6 Å². The maximum Gasteiger partial charge on any atom is 0.191 e. The van der Waals surface area contributed by atoms with Crippen LogP contribution in [0, 0.1) is 6.92 Å². The molecule has 1 unspecified atom stereocenters. The summed E-state index contributed by atoms with van der Waals surface area (Å²) in [6.07, 6.45) is -0.550. The first-order valence-electron chi connectivity index (χ1n) is 7.48. The summed E-state index contributed by atoms with van der Waals surface area (Å²) in [6.45, 7) is 5.93. The Balaban J connectivity index is 0.00000264. The highest BCUT2D eigenvalue weighted by atomic mass is 127. The fourth-order valence-corrected chi connectivity index (χ4v) is 2.63. The van der Waals surface area contributed by atoms with Gasteiger partial charge in [0.05, 0.1) is 12.6 Å². The normalized spacial score (nSPS) is 12.4. The number of aliphatic hydroxyl groups is 1. The molecule has 0 fully saturated rings. The van der Waals surface area contributed by atoms with Crippen LogP contribution in [-0.2, 0) is 6.54 Å². The lowest BCUT2D eigenvalue weighted by molar-refractivity contribution is 0.181. The van der Waals surface area contributed by atoms with E-state index in [1.54, 1.807) is 11.3 Å². The SMILES string of the molecule is CCNC(=NCc1cccs1)NCC(O)c1ccc(C)cc1.I. The summed E-state index contributed by atoms with van der Waals surface area (Å²) in [5, 5.41) is 18.7. The first kappa shape index (κ1) is 19.9. The maximum absolute atomic E-state index is 10.2. The zero-order valence-electron chi connectivity index (χ0n) is 13.5. The van der Waals surface area contributed by atoms with Crippen molar-refractivity contribution in [2.45, 2.75) is 26.5 Å².